The summed E-state index contributed by atoms with van der Waals surface area (Å²) in [4.78, 5) is 10.2. The van der Waals surface area contributed by atoms with Crippen LogP contribution in [0.25, 0.3) is 0 Å². The summed E-state index contributed by atoms with van der Waals surface area (Å²) in [6.07, 6.45) is 0.536. The first kappa shape index (κ1) is 14.9. The summed E-state index contributed by atoms with van der Waals surface area (Å²) in [5.41, 5.74) is 0.194. The summed E-state index contributed by atoms with van der Waals surface area (Å²) in [6, 6.07) is 3.68. The SMILES string of the molecule is Cc1cc([N+](=O)[O-])ccc1S(=O)(=O)N1CCCC(O)C1. The Labute approximate surface area is 117 Å². The van der Waals surface area contributed by atoms with Gasteiger partial charge in [0.15, 0.2) is 0 Å². The Bertz CT molecular complexity index is 629. The van der Waals surface area contributed by atoms with Crippen molar-refractivity contribution >= 4 is 15.7 Å². The Morgan fingerprint density at radius 2 is 2.15 bits per heavy atom. The molecule has 1 aromatic rings. The largest absolute Gasteiger partial charge is 0.392 e. The predicted molar refractivity (Wildman–Crippen MR) is 71.8 cm³/mol. The summed E-state index contributed by atoms with van der Waals surface area (Å²) in [5.74, 6) is 0. The molecule has 1 saturated heterocycles. The van der Waals surface area contributed by atoms with E-state index < -0.39 is 21.1 Å². The summed E-state index contributed by atoms with van der Waals surface area (Å²) in [6.45, 7) is 1.95. The number of nitro benzene ring substituents is 1. The molecule has 1 aliphatic heterocycles. The maximum Gasteiger partial charge on any atom is 0.269 e. The van der Waals surface area contributed by atoms with Crippen molar-refractivity contribution in [2.45, 2.75) is 30.8 Å². The molecule has 20 heavy (non-hydrogen) atoms. The average Bonchev–Trinajstić information content (AvgIpc) is 2.38. The number of rotatable bonds is 3. The third-order valence-corrected chi connectivity index (χ3v) is 5.37. The maximum absolute atomic E-state index is 12.5. The van der Waals surface area contributed by atoms with Gasteiger partial charge in [0, 0.05) is 25.2 Å². The van der Waals surface area contributed by atoms with Gasteiger partial charge in [-0.25, -0.2) is 8.42 Å². The summed E-state index contributed by atoms with van der Waals surface area (Å²) in [5, 5.41) is 20.3. The molecule has 0 amide bonds. The molecule has 0 spiro atoms. The molecule has 0 bridgehead atoms. The van der Waals surface area contributed by atoms with Crippen molar-refractivity contribution in [3.8, 4) is 0 Å². The van der Waals surface area contributed by atoms with Crippen LogP contribution < -0.4 is 0 Å². The monoisotopic (exact) mass is 300 g/mol. The number of aliphatic hydroxyl groups is 1. The molecule has 1 unspecified atom stereocenters. The highest BCUT2D eigenvalue weighted by Crippen LogP contribution is 2.26. The number of β-amino-alcohol motifs (C(OH)–C–C–N with tert-alkyl or cyclic N) is 1. The van der Waals surface area contributed by atoms with Gasteiger partial charge in [0.05, 0.1) is 15.9 Å². The number of hydrogen-bond donors (Lipinski definition) is 1. The second-order valence-electron chi connectivity index (χ2n) is 4.87. The summed E-state index contributed by atoms with van der Waals surface area (Å²) in [7, 11) is -3.72. The van der Waals surface area contributed by atoms with Gasteiger partial charge < -0.3 is 5.11 Å². The zero-order valence-electron chi connectivity index (χ0n) is 11.0. The standard InChI is InChI=1S/C12H16N2O5S/c1-9-7-10(14(16)17)4-5-12(9)20(18,19)13-6-2-3-11(15)8-13/h4-5,7,11,15H,2-3,6,8H2,1H3. The molecular formula is C12H16N2O5S. The quantitative estimate of drug-likeness (QED) is 0.664. The first-order valence-corrected chi connectivity index (χ1v) is 7.69. The van der Waals surface area contributed by atoms with Crippen molar-refractivity contribution in [1.29, 1.82) is 0 Å². The van der Waals surface area contributed by atoms with Crippen LogP contribution in [0.3, 0.4) is 0 Å². The molecule has 0 saturated carbocycles. The van der Waals surface area contributed by atoms with Crippen LogP contribution in [0.1, 0.15) is 18.4 Å². The van der Waals surface area contributed by atoms with Crippen LogP contribution in [-0.4, -0.2) is 41.9 Å². The van der Waals surface area contributed by atoms with E-state index in [1.807, 2.05) is 0 Å². The third-order valence-electron chi connectivity index (χ3n) is 3.35. The lowest BCUT2D eigenvalue weighted by Crippen LogP contribution is -2.42. The lowest BCUT2D eigenvalue weighted by atomic mass is 10.1. The van der Waals surface area contributed by atoms with Gasteiger partial charge in [0.2, 0.25) is 10.0 Å². The maximum atomic E-state index is 12.5. The van der Waals surface area contributed by atoms with Gasteiger partial charge in [-0.2, -0.15) is 4.31 Å². The van der Waals surface area contributed by atoms with E-state index in [4.69, 9.17) is 0 Å². The van der Waals surface area contributed by atoms with Gasteiger partial charge in [0.1, 0.15) is 0 Å². The fourth-order valence-corrected chi connectivity index (χ4v) is 4.04. The molecule has 110 valence electrons. The lowest BCUT2D eigenvalue weighted by Gasteiger charge is -2.29. The van der Waals surface area contributed by atoms with Crippen molar-refractivity contribution in [1.82, 2.24) is 4.31 Å². The predicted octanol–water partition coefficient (Wildman–Crippen LogP) is 1.05. The van der Waals surface area contributed by atoms with Gasteiger partial charge in [-0.05, 0) is 31.4 Å². The van der Waals surface area contributed by atoms with E-state index in [9.17, 15) is 23.6 Å². The molecule has 1 aliphatic rings. The molecule has 1 aromatic carbocycles. The number of benzene rings is 1. The molecule has 0 aromatic heterocycles. The van der Waals surface area contributed by atoms with Crippen molar-refractivity contribution in [3.05, 3.63) is 33.9 Å². The van der Waals surface area contributed by atoms with E-state index in [1.54, 1.807) is 0 Å². The molecule has 1 fully saturated rings. The molecule has 1 N–H and O–H groups in total. The molecule has 0 radical (unpaired) electrons. The molecule has 7 nitrogen and oxygen atoms in total. The number of aliphatic hydroxyl groups excluding tert-OH is 1. The van der Waals surface area contributed by atoms with E-state index in [0.29, 0.717) is 24.9 Å². The number of hydrogen-bond acceptors (Lipinski definition) is 5. The molecule has 0 aliphatic carbocycles. The molecule has 1 atom stereocenters. The second kappa shape index (κ2) is 5.47. The minimum Gasteiger partial charge on any atom is -0.392 e. The van der Waals surface area contributed by atoms with Gasteiger partial charge >= 0.3 is 0 Å². The molecule has 1 heterocycles. The fourth-order valence-electron chi connectivity index (χ4n) is 2.31. The molecule has 2 rings (SSSR count). The first-order chi connectivity index (χ1) is 9.32. The van der Waals surface area contributed by atoms with Crippen molar-refractivity contribution in [2.75, 3.05) is 13.1 Å². The van der Waals surface area contributed by atoms with Gasteiger partial charge in [-0.1, -0.05) is 0 Å². The van der Waals surface area contributed by atoms with Crippen molar-refractivity contribution in [3.63, 3.8) is 0 Å². The van der Waals surface area contributed by atoms with Gasteiger partial charge in [-0.15, -0.1) is 0 Å². The fraction of sp³-hybridized carbons (Fsp3) is 0.500. The van der Waals surface area contributed by atoms with E-state index in [0.717, 1.165) is 0 Å². The normalized spacial score (nSPS) is 20.8. The number of aryl methyl sites for hydroxylation is 1. The minimum absolute atomic E-state index is 0.0530. The van der Waals surface area contributed by atoms with E-state index in [2.05, 4.69) is 0 Å². The number of sulfonamides is 1. The highest BCUT2D eigenvalue weighted by atomic mass is 32.2. The minimum atomic E-state index is -3.72. The van der Waals surface area contributed by atoms with Gasteiger partial charge in [0.25, 0.3) is 5.69 Å². The van der Waals surface area contributed by atoms with E-state index in [1.165, 1.54) is 29.4 Å². The van der Waals surface area contributed by atoms with Crippen molar-refractivity contribution in [2.24, 2.45) is 0 Å². The Morgan fingerprint density at radius 1 is 1.45 bits per heavy atom. The smallest absolute Gasteiger partial charge is 0.269 e. The Morgan fingerprint density at radius 3 is 2.70 bits per heavy atom. The van der Waals surface area contributed by atoms with Crippen LogP contribution in [-0.2, 0) is 10.0 Å². The molecular weight excluding hydrogens is 284 g/mol. The van der Waals surface area contributed by atoms with E-state index in [-0.39, 0.29) is 17.1 Å². The van der Waals surface area contributed by atoms with Crippen LogP contribution in [0, 0.1) is 17.0 Å². The second-order valence-corrected chi connectivity index (χ2v) is 6.77. The Kier molecular flexibility index (Phi) is 4.07. The van der Waals surface area contributed by atoms with Crippen LogP contribution in [0.4, 0.5) is 5.69 Å². The number of piperidine rings is 1. The van der Waals surface area contributed by atoms with Gasteiger partial charge in [-0.3, -0.25) is 10.1 Å². The van der Waals surface area contributed by atoms with Crippen LogP contribution in [0.2, 0.25) is 0 Å². The number of nitrogens with zero attached hydrogens (tertiary/aromatic N) is 2. The lowest BCUT2D eigenvalue weighted by molar-refractivity contribution is -0.385. The van der Waals surface area contributed by atoms with E-state index >= 15 is 0 Å². The van der Waals surface area contributed by atoms with Crippen LogP contribution in [0.15, 0.2) is 23.1 Å². The number of nitro groups is 1. The Balaban J connectivity index is 2.36. The zero-order valence-corrected chi connectivity index (χ0v) is 11.8. The van der Waals surface area contributed by atoms with Crippen molar-refractivity contribution < 1.29 is 18.4 Å². The first-order valence-electron chi connectivity index (χ1n) is 6.25. The number of non-ortho nitro benzene ring substituents is 1. The average molecular weight is 300 g/mol. The van der Waals surface area contributed by atoms with Crippen LogP contribution in [0.5, 0.6) is 0 Å². The zero-order chi connectivity index (χ0) is 14.9. The highest BCUT2D eigenvalue weighted by Gasteiger charge is 2.30. The van der Waals surface area contributed by atoms with Crippen LogP contribution >= 0.6 is 0 Å². The Hall–Kier alpha value is -1.51. The molecule has 8 heteroatoms. The summed E-state index contributed by atoms with van der Waals surface area (Å²) < 4.78 is 26.2. The topological polar surface area (TPSA) is 101 Å². The highest BCUT2D eigenvalue weighted by molar-refractivity contribution is 7.89. The third kappa shape index (κ3) is 2.82. The summed E-state index contributed by atoms with van der Waals surface area (Å²) >= 11 is 0.